The van der Waals surface area contributed by atoms with Crippen molar-refractivity contribution in [3.8, 4) is 0 Å². The zero-order chi connectivity index (χ0) is 8.15. The van der Waals surface area contributed by atoms with E-state index in [-0.39, 0.29) is 19.0 Å². The molecule has 0 fully saturated rings. The molecule has 0 bridgehead atoms. The van der Waals surface area contributed by atoms with Gasteiger partial charge < -0.3 is 5.11 Å². The summed E-state index contributed by atoms with van der Waals surface area (Å²) < 4.78 is 0. The van der Waals surface area contributed by atoms with E-state index in [1.807, 2.05) is 25.7 Å². The highest BCUT2D eigenvalue weighted by Crippen LogP contribution is 1.95. The van der Waals surface area contributed by atoms with Gasteiger partial charge >= 0.3 is 5.97 Å². The lowest BCUT2D eigenvalue weighted by Gasteiger charge is -2.21. The Hall–Kier alpha value is -0.280. The molecule has 0 unspecified atom stereocenters. The highest BCUT2D eigenvalue weighted by atomic mass is 35.5. The predicted molar refractivity (Wildman–Crippen MR) is 47.3 cm³/mol. The average Bonchev–Trinajstić information content (AvgIpc) is 1.81. The molecule has 0 amide bonds. The summed E-state index contributed by atoms with van der Waals surface area (Å²) in [7, 11) is 0. The van der Waals surface area contributed by atoms with E-state index >= 15 is 0 Å². The molecule has 0 aromatic rings. The van der Waals surface area contributed by atoms with Gasteiger partial charge in [0, 0.05) is 6.04 Å². The zero-order valence-corrected chi connectivity index (χ0v) is 8.02. The van der Waals surface area contributed by atoms with Gasteiger partial charge in [0.05, 0.1) is 6.54 Å². The van der Waals surface area contributed by atoms with Crippen molar-refractivity contribution in [2.75, 3.05) is 13.1 Å². The molecule has 0 aromatic carbocycles. The van der Waals surface area contributed by atoms with Gasteiger partial charge in [-0.3, -0.25) is 9.69 Å². The standard InChI is InChI=1S/C7H15NO2.ClH/c1-4-8(6(2)3)5-7(9)10;/h6H,4-5H2,1-3H3,(H,9,10);1H. The minimum absolute atomic E-state index is 0. The number of hydrogen-bond donors (Lipinski definition) is 1. The average molecular weight is 182 g/mol. The van der Waals surface area contributed by atoms with Gasteiger partial charge in [0.1, 0.15) is 0 Å². The molecule has 0 spiro atoms. The van der Waals surface area contributed by atoms with E-state index in [4.69, 9.17) is 5.11 Å². The molecule has 68 valence electrons. The van der Waals surface area contributed by atoms with Crippen molar-refractivity contribution in [3.05, 3.63) is 0 Å². The van der Waals surface area contributed by atoms with Gasteiger partial charge in [0.2, 0.25) is 0 Å². The summed E-state index contributed by atoms with van der Waals surface area (Å²) in [6, 6.07) is 0.320. The van der Waals surface area contributed by atoms with Crippen LogP contribution in [0.15, 0.2) is 0 Å². The smallest absolute Gasteiger partial charge is 0.317 e. The number of halogens is 1. The van der Waals surface area contributed by atoms with Crippen LogP contribution in [0.1, 0.15) is 20.8 Å². The Morgan fingerprint density at radius 3 is 2.09 bits per heavy atom. The SMILES string of the molecule is CCN(CC(=O)O)C(C)C.Cl. The molecule has 0 saturated carbocycles. The summed E-state index contributed by atoms with van der Waals surface area (Å²) >= 11 is 0. The van der Waals surface area contributed by atoms with Gasteiger partial charge in [0.25, 0.3) is 0 Å². The lowest BCUT2D eigenvalue weighted by molar-refractivity contribution is -0.138. The lowest BCUT2D eigenvalue weighted by Crippen LogP contribution is -2.35. The van der Waals surface area contributed by atoms with E-state index in [0.717, 1.165) is 6.54 Å². The van der Waals surface area contributed by atoms with Gasteiger partial charge in [-0.25, -0.2) is 0 Å². The Labute approximate surface area is 73.8 Å². The third-order valence-electron chi connectivity index (χ3n) is 1.47. The first kappa shape index (κ1) is 13.3. The van der Waals surface area contributed by atoms with Crippen LogP contribution >= 0.6 is 12.4 Å². The third-order valence-corrected chi connectivity index (χ3v) is 1.47. The number of carboxylic acids is 1. The fraction of sp³-hybridized carbons (Fsp3) is 0.857. The van der Waals surface area contributed by atoms with Gasteiger partial charge in [-0.05, 0) is 20.4 Å². The Balaban J connectivity index is 0. The van der Waals surface area contributed by atoms with Gasteiger partial charge in [-0.15, -0.1) is 12.4 Å². The number of hydrogen-bond acceptors (Lipinski definition) is 2. The molecule has 11 heavy (non-hydrogen) atoms. The molecular formula is C7H16ClNO2. The molecule has 0 aliphatic heterocycles. The summed E-state index contributed by atoms with van der Waals surface area (Å²) in [5, 5.41) is 8.42. The maximum absolute atomic E-state index is 10.2. The Kier molecular flexibility index (Phi) is 7.79. The Morgan fingerprint density at radius 2 is 2.00 bits per heavy atom. The Morgan fingerprint density at radius 1 is 1.55 bits per heavy atom. The van der Waals surface area contributed by atoms with Crippen molar-refractivity contribution in [2.45, 2.75) is 26.8 Å². The second-order valence-electron chi connectivity index (χ2n) is 2.55. The van der Waals surface area contributed by atoms with E-state index in [0.29, 0.717) is 6.04 Å². The minimum atomic E-state index is -0.754. The summed E-state index contributed by atoms with van der Waals surface area (Å²) in [5.41, 5.74) is 0. The Bertz CT molecular complexity index is 117. The highest BCUT2D eigenvalue weighted by Gasteiger charge is 2.09. The topological polar surface area (TPSA) is 40.5 Å². The monoisotopic (exact) mass is 181 g/mol. The number of rotatable bonds is 4. The van der Waals surface area contributed by atoms with Crippen molar-refractivity contribution in [2.24, 2.45) is 0 Å². The van der Waals surface area contributed by atoms with E-state index in [9.17, 15) is 4.79 Å². The number of likely N-dealkylation sites (N-methyl/N-ethyl adjacent to an activating group) is 1. The normalized spacial score (nSPS) is 9.91. The van der Waals surface area contributed by atoms with Crippen LogP contribution in [0, 0.1) is 0 Å². The first-order valence-corrected chi connectivity index (χ1v) is 3.53. The highest BCUT2D eigenvalue weighted by molar-refractivity contribution is 5.85. The molecule has 0 heterocycles. The first-order chi connectivity index (χ1) is 4.57. The molecule has 3 nitrogen and oxygen atoms in total. The van der Waals surface area contributed by atoms with Crippen molar-refractivity contribution in [3.63, 3.8) is 0 Å². The third kappa shape index (κ3) is 6.13. The molecular weight excluding hydrogens is 166 g/mol. The van der Waals surface area contributed by atoms with E-state index in [1.165, 1.54) is 0 Å². The molecule has 1 N–H and O–H groups in total. The molecule has 0 rings (SSSR count). The maximum atomic E-state index is 10.2. The largest absolute Gasteiger partial charge is 0.480 e. The van der Waals surface area contributed by atoms with Gasteiger partial charge in [-0.1, -0.05) is 6.92 Å². The van der Waals surface area contributed by atoms with E-state index in [1.54, 1.807) is 0 Å². The number of carbonyl (C=O) groups is 1. The van der Waals surface area contributed by atoms with Crippen LogP contribution in [-0.4, -0.2) is 35.1 Å². The van der Waals surface area contributed by atoms with Crippen LogP contribution in [0.3, 0.4) is 0 Å². The summed E-state index contributed by atoms with van der Waals surface area (Å²) in [6.07, 6.45) is 0. The molecule has 0 aliphatic rings. The summed E-state index contributed by atoms with van der Waals surface area (Å²) in [5.74, 6) is -0.754. The van der Waals surface area contributed by atoms with Crippen molar-refractivity contribution < 1.29 is 9.90 Å². The molecule has 0 saturated heterocycles. The van der Waals surface area contributed by atoms with Crippen LogP contribution < -0.4 is 0 Å². The summed E-state index contributed by atoms with van der Waals surface area (Å²) in [6.45, 7) is 6.89. The van der Waals surface area contributed by atoms with Crippen LogP contribution in [0.25, 0.3) is 0 Å². The van der Waals surface area contributed by atoms with Crippen LogP contribution in [0.2, 0.25) is 0 Å². The van der Waals surface area contributed by atoms with E-state index < -0.39 is 5.97 Å². The molecule has 0 aliphatic carbocycles. The molecule has 0 atom stereocenters. The van der Waals surface area contributed by atoms with Crippen molar-refractivity contribution in [1.29, 1.82) is 0 Å². The predicted octanol–water partition coefficient (Wildman–Crippen LogP) is 1.22. The molecule has 0 radical (unpaired) electrons. The summed E-state index contributed by atoms with van der Waals surface area (Å²) in [4.78, 5) is 12.1. The fourth-order valence-electron chi connectivity index (χ4n) is 0.833. The second kappa shape index (κ2) is 6.43. The van der Waals surface area contributed by atoms with Gasteiger partial charge in [-0.2, -0.15) is 0 Å². The molecule has 0 aromatic heterocycles. The number of nitrogens with zero attached hydrogens (tertiary/aromatic N) is 1. The van der Waals surface area contributed by atoms with E-state index in [2.05, 4.69) is 0 Å². The lowest BCUT2D eigenvalue weighted by atomic mass is 10.3. The number of aliphatic carboxylic acids is 1. The minimum Gasteiger partial charge on any atom is -0.480 e. The van der Waals surface area contributed by atoms with Crippen LogP contribution in [0.5, 0.6) is 0 Å². The zero-order valence-electron chi connectivity index (χ0n) is 7.20. The maximum Gasteiger partial charge on any atom is 0.317 e. The first-order valence-electron chi connectivity index (χ1n) is 3.53. The van der Waals surface area contributed by atoms with Crippen molar-refractivity contribution >= 4 is 18.4 Å². The van der Waals surface area contributed by atoms with Crippen LogP contribution in [0.4, 0.5) is 0 Å². The second-order valence-corrected chi connectivity index (χ2v) is 2.55. The number of carboxylic acid groups (broad SMARTS) is 1. The van der Waals surface area contributed by atoms with Crippen LogP contribution in [-0.2, 0) is 4.79 Å². The fourth-order valence-corrected chi connectivity index (χ4v) is 0.833. The van der Waals surface area contributed by atoms with Crippen molar-refractivity contribution in [1.82, 2.24) is 4.90 Å². The van der Waals surface area contributed by atoms with Gasteiger partial charge in [0.15, 0.2) is 0 Å². The molecule has 4 heteroatoms. The quantitative estimate of drug-likeness (QED) is 0.709.